The Morgan fingerprint density at radius 2 is 2.00 bits per heavy atom. The minimum atomic E-state index is 0.113. The molecule has 0 bridgehead atoms. The van der Waals surface area contributed by atoms with Crippen molar-refractivity contribution in [2.24, 2.45) is 0 Å². The van der Waals surface area contributed by atoms with Gasteiger partial charge in [-0.05, 0) is 26.3 Å². The van der Waals surface area contributed by atoms with Crippen molar-refractivity contribution in [3.63, 3.8) is 0 Å². The molecule has 0 spiro atoms. The first-order valence-corrected chi connectivity index (χ1v) is 5.70. The van der Waals surface area contributed by atoms with Crippen LogP contribution < -0.4 is 10.6 Å². The summed E-state index contributed by atoms with van der Waals surface area (Å²) in [5.74, 6) is 0.113. The number of hydrogen-bond donors (Lipinski definition) is 2. The molecule has 0 aliphatic carbocycles. The maximum Gasteiger partial charge on any atom is 0.234 e. The Balaban J connectivity index is 3.40. The summed E-state index contributed by atoms with van der Waals surface area (Å²) >= 11 is 0. The lowest BCUT2D eigenvalue weighted by Crippen LogP contribution is -2.39. The number of carbonyl (C=O) groups excluding carboxylic acids is 1. The van der Waals surface area contributed by atoms with Gasteiger partial charge in [0.15, 0.2) is 0 Å². The van der Waals surface area contributed by atoms with Crippen molar-refractivity contribution in [2.45, 2.75) is 52.5 Å². The highest BCUT2D eigenvalue weighted by Gasteiger charge is 2.05. The summed E-state index contributed by atoms with van der Waals surface area (Å²) in [6.07, 6.45) is 4.52. The average molecular weight is 200 g/mol. The van der Waals surface area contributed by atoms with Crippen molar-refractivity contribution in [1.82, 2.24) is 10.6 Å². The third kappa shape index (κ3) is 8.05. The van der Waals surface area contributed by atoms with Gasteiger partial charge in [0, 0.05) is 6.04 Å². The first-order valence-electron chi connectivity index (χ1n) is 5.70. The SMILES string of the molecule is CCCCC(C)NC(=O)CNCCC. The molecule has 1 unspecified atom stereocenters. The Kier molecular flexibility index (Phi) is 8.64. The van der Waals surface area contributed by atoms with E-state index in [4.69, 9.17) is 0 Å². The zero-order valence-corrected chi connectivity index (χ0v) is 9.73. The van der Waals surface area contributed by atoms with E-state index < -0.39 is 0 Å². The van der Waals surface area contributed by atoms with E-state index in [-0.39, 0.29) is 5.91 Å². The molecule has 1 amide bonds. The van der Waals surface area contributed by atoms with Crippen LogP contribution in [0.2, 0.25) is 0 Å². The van der Waals surface area contributed by atoms with E-state index in [1.165, 1.54) is 12.8 Å². The van der Waals surface area contributed by atoms with Gasteiger partial charge in [-0.3, -0.25) is 4.79 Å². The number of hydrogen-bond acceptors (Lipinski definition) is 2. The van der Waals surface area contributed by atoms with Crippen LogP contribution >= 0.6 is 0 Å². The predicted octanol–water partition coefficient (Wildman–Crippen LogP) is 1.68. The van der Waals surface area contributed by atoms with Gasteiger partial charge in [-0.1, -0.05) is 26.7 Å². The lowest BCUT2D eigenvalue weighted by atomic mass is 10.1. The fraction of sp³-hybridized carbons (Fsp3) is 0.909. The summed E-state index contributed by atoms with van der Waals surface area (Å²) < 4.78 is 0. The molecule has 84 valence electrons. The van der Waals surface area contributed by atoms with Crippen molar-refractivity contribution in [1.29, 1.82) is 0 Å². The first-order chi connectivity index (χ1) is 6.70. The van der Waals surface area contributed by atoms with Crippen LogP contribution in [0.25, 0.3) is 0 Å². The summed E-state index contributed by atoms with van der Waals surface area (Å²) in [4.78, 5) is 11.3. The van der Waals surface area contributed by atoms with E-state index >= 15 is 0 Å². The number of carbonyl (C=O) groups is 1. The molecule has 0 aromatic rings. The molecule has 14 heavy (non-hydrogen) atoms. The average Bonchev–Trinajstić information content (AvgIpc) is 2.15. The number of amides is 1. The van der Waals surface area contributed by atoms with Crippen LogP contribution in [-0.2, 0) is 4.79 Å². The van der Waals surface area contributed by atoms with Gasteiger partial charge in [0.1, 0.15) is 0 Å². The van der Waals surface area contributed by atoms with Gasteiger partial charge >= 0.3 is 0 Å². The summed E-state index contributed by atoms with van der Waals surface area (Å²) in [6.45, 7) is 7.68. The topological polar surface area (TPSA) is 41.1 Å². The van der Waals surface area contributed by atoms with E-state index in [0.29, 0.717) is 12.6 Å². The molecule has 0 rings (SSSR count). The van der Waals surface area contributed by atoms with Crippen LogP contribution in [0.3, 0.4) is 0 Å². The van der Waals surface area contributed by atoms with Crippen molar-refractivity contribution in [2.75, 3.05) is 13.1 Å². The van der Waals surface area contributed by atoms with E-state index in [2.05, 4.69) is 31.4 Å². The zero-order chi connectivity index (χ0) is 10.8. The monoisotopic (exact) mass is 200 g/mol. The van der Waals surface area contributed by atoms with E-state index in [1.807, 2.05) is 0 Å². The summed E-state index contributed by atoms with van der Waals surface area (Å²) in [5.41, 5.74) is 0. The molecule has 0 fully saturated rings. The summed E-state index contributed by atoms with van der Waals surface area (Å²) in [5, 5.41) is 6.06. The van der Waals surface area contributed by atoms with Gasteiger partial charge < -0.3 is 10.6 Å². The summed E-state index contributed by atoms with van der Waals surface area (Å²) in [7, 11) is 0. The van der Waals surface area contributed by atoms with E-state index in [1.54, 1.807) is 0 Å². The molecule has 1 atom stereocenters. The molecule has 2 N–H and O–H groups in total. The van der Waals surface area contributed by atoms with Gasteiger partial charge in [0.2, 0.25) is 5.91 Å². The predicted molar refractivity (Wildman–Crippen MR) is 60.3 cm³/mol. The van der Waals surface area contributed by atoms with Gasteiger partial charge in [-0.15, -0.1) is 0 Å². The molecule has 0 aromatic heterocycles. The molecule has 0 heterocycles. The highest BCUT2D eigenvalue weighted by Crippen LogP contribution is 1.98. The Hall–Kier alpha value is -0.570. The quantitative estimate of drug-likeness (QED) is 0.585. The second kappa shape index (κ2) is 9.00. The fourth-order valence-corrected chi connectivity index (χ4v) is 1.29. The largest absolute Gasteiger partial charge is 0.353 e. The fourth-order valence-electron chi connectivity index (χ4n) is 1.29. The van der Waals surface area contributed by atoms with Crippen LogP contribution in [0.15, 0.2) is 0 Å². The maximum absolute atomic E-state index is 11.3. The molecular formula is C11H24N2O. The van der Waals surface area contributed by atoms with Gasteiger partial charge in [-0.25, -0.2) is 0 Å². The third-order valence-corrected chi connectivity index (χ3v) is 2.11. The Morgan fingerprint density at radius 3 is 2.57 bits per heavy atom. The van der Waals surface area contributed by atoms with Crippen LogP contribution in [0, 0.1) is 0 Å². The molecule has 0 saturated heterocycles. The second-order valence-corrected chi connectivity index (χ2v) is 3.79. The minimum Gasteiger partial charge on any atom is -0.353 e. The van der Waals surface area contributed by atoms with Gasteiger partial charge in [0.05, 0.1) is 6.54 Å². The smallest absolute Gasteiger partial charge is 0.234 e. The minimum absolute atomic E-state index is 0.113. The molecule has 0 aliphatic heterocycles. The van der Waals surface area contributed by atoms with Crippen molar-refractivity contribution >= 4 is 5.91 Å². The molecule has 3 heteroatoms. The van der Waals surface area contributed by atoms with Gasteiger partial charge in [0.25, 0.3) is 0 Å². The zero-order valence-electron chi connectivity index (χ0n) is 9.73. The lowest BCUT2D eigenvalue weighted by Gasteiger charge is -2.13. The lowest BCUT2D eigenvalue weighted by molar-refractivity contribution is -0.120. The third-order valence-electron chi connectivity index (χ3n) is 2.11. The number of unbranched alkanes of at least 4 members (excludes halogenated alkanes) is 1. The number of rotatable bonds is 8. The summed E-state index contributed by atoms with van der Waals surface area (Å²) in [6, 6.07) is 0.311. The van der Waals surface area contributed by atoms with Crippen molar-refractivity contribution < 1.29 is 4.79 Å². The Labute approximate surface area is 87.6 Å². The van der Waals surface area contributed by atoms with Crippen LogP contribution in [0.4, 0.5) is 0 Å². The van der Waals surface area contributed by atoms with Crippen molar-refractivity contribution in [3.05, 3.63) is 0 Å². The highest BCUT2D eigenvalue weighted by molar-refractivity contribution is 5.78. The van der Waals surface area contributed by atoms with Crippen LogP contribution in [-0.4, -0.2) is 25.0 Å². The molecule has 0 aromatic carbocycles. The Bertz CT molecular complexity index is 148. The standard InChI is InChI=1S/C11H24N2O/c1-4-6-7-10(3)13-11(14)9-12-8-5-2/h10,12H,4-9H2,1-3H3,(H,13,14). The molecule has 0 saturated carbocycles. The molecule has 3 nitrogen and oxygen atoms in total. The van der Waals surface area contributed by atoms with Crippen molar-refractivity contribution in [3.8, 4) is 0 Å². The molecular weight excluding hydrogens is 176 g/mol. The van der Waals surface area contributed by atoms with E-state index in [0.717, 1.165) is 19.4 Å². The number of nitrogens with one attached hydrogen (secondary N) is 2. The van der Waals surface area contributed by atoms with Crippen LogP contribution in [0.1, 0.15) is 46.5 Å². The second-order valence-electron chi connectivity index (χ2n) is 3.79. The first kappa shape index (κ1) is 13.4. The van der Waals surface area contributed by atoms with E-state index in [9.17, 15) is 4.79 Å². The molecule has 0 radical (unpaired) electrons. The Morgan fingerprint density at radius 1 is 1.29 bits per heavy atom. The highest BCUT2D eigenvalue weighted by atomic mass is 16.1. The van der Waals surface area contributed by atoms with Gasteiger partial charge in [-0.2, -0.15) is 0 Å². The maximum atomic E-state index is 11.3. The van der Waals surface area contributed by atoms with Crippen LogP contribution in [0.5, 0.6) is 0 Å². The molecule has 0 aliphatic rings. The normalized spacial score (nSPS) is 12.5.